The van der Waals surface area contributed by atoms with Crippen LogP contribution in [0.5, 0.6) is 5.75 Å². The largest absolute Gasteiger partial charge is 0.491 e. The van der Waals surface area contributed by atoms with Crippen molar-refractivity contribution in [3.05, 3.63) is 29.5 Å². The fourth-order valence-electron chi connectivity index (χ4n) is 3.89. The van der Waals surface area contributed by atoms with Crippen LogP contribution in [0, 0.1) is 6.92 Å². The smallest absolute Gasteiger partial charge is 0.340 e. The topological polar surface area (TPSA) is 84.2 Å². The molecule has 2 heterocycles. The van der Waals surface area contributed by atoms with Crippen molar-refractivity contribution in [2.24, 2.45) is 7.05 Å². The summed E-state index contributed by atoms with van der Waals surface area (Å²) < 4.78 is 13.0. The highest BCUT2D eigenvalue weighted by Crippen LogP contribution is 2.29. The Hall–Kier alpha value is -2.58. The van der Waals surface area contributed by atoms with Gasteiger partial charge >= 0.3 is 5.97 Å². The van der Waals surface area contributed by atoms with Gasteiger partial charge in [0.15, 0.2) is 0 Å². The Bertz CT molecular complexity index is 915. The third-order valence-corrected chi connectivity index (χ3v) is 5.67. The lowest BCUT2D eigenvalue weighted by Gasteiger charge is -2.35. The maximum atomic E-state index is 12.4. The molecule has 1 saturated heterocycles. The number of hydrogen-bond acceptors (Lipinski definition) is 6. The van der Waals surface area contributed by atoms with Gasteiger partial charge in [0.2, 0.25) is 5.91 Å². The van der Waals surface area contributed by atoms with Gasteiger partial charge < -0.3 is 24.0 Å². The number of carbonyl (C=O) groups excluding carboxylic acids is 2. The van der Waals surface area contributed by atoms with Crippen LogP contribution in [0.3, 0.4) is 0 Å². The first-order valence-electron chi connectivity index (χ1n) is 10.4. The highest BCUT2D eigenvalue weighted by Gasteiger charge is 2.22. The van der Waals surface area contributed by atoms with Crippen molar-refractivity contribution in [3.8, 4) is 5.75 Å². The molecule has 3 rings (SSSR count). The molecule has 0 radical (unpaired) electrons. The third kappa shape index (κ3) is 4.76. The second-order valence-electron chi connectivity index (χ2n) is 7.69. The highest BCUT2D eigenvalue weighted by atomic mass is 16.5. The normalized spacial score (nSPS) is 16.0. The van der Waals surface area contributed by atoms with E-state index in [0.29, 0.717) is 37.6 Å². The number of β-amino-alcohol motifs (C(OH)–C–C–N with tert-alkyl or cyclic N) is 1. The Morgan fingerprint density at radius 3 is 2.53 bits per heavy atom. The molecule has 1 aromatic carbocycles. The Morgan fingerprint density at radius 1 is 1.20 bits per heavy atom. The van der Waals surface area contributed by atoms with Gasteiger partial charge in [0.25, 0.3) is 0 Å². The van der Waals surface area contributed by atoms with Crippen molar-refractivity contribution in [2.75, 3.05) is 45.9 Å². The fourth-order valence-corrected chi connectivity index (χ4v) is 3.89. The number of aromatic nitrogens is 1. The number of esters is 1. The number of benzene rings is 1. The molecular formula is C22H31N3O5. The van der Waals surface area contributed by atoms with Crippen LogP contribution in [0.1, 0.15) is 29.9 Å². The molecule has 8 heteroatoms. The standard InChI is InChI=1S/C22H31N3O5/c1-5-29-22(28)21-15(2)23(4)20-7-6-18(12-19(20)21)30-14-17(27)13-24-8-10-25(11-9-24)16(3)26/h6-7,12,17,27H,5,8-11,13-14H2,1-4H3/t17-/m0/s1. The molecule has 1 fully saturated rings. The summed E-state index contributed by atoms with van der Waals surface area (Å²) in [7, 11) is 1.91. The number of piperazine rings is 1. The summed E-state index contributed by atoms with van der Waals surface area (Å²) in [6.45, 7) is 9.08. The number of aryl methyl sites for hydroxylation is 1. The van der Waals surface area contributed by atoms with Gasteiger partial charge in [-0.3, -0.25) is 9.69 Å². The minimum atomic E-state index is -0.647. The zero-order chi connectivity index (χ0) is 21.8. The zero-order valence-corrected chi connectivity index (χ0v) is 18.2. The van der Waals surface area contributed by atoms with E-state index >= 15 is 0 Å². The average Bonchev–Trinajstić information content (AvgIpc) is 2.97. The van der Waals surface area contributed by atoms with Crippen LogP contribution >= 0.6 is 0 Å². The molecule has 1 aliphatic heterocycles. The van der Waals surface area contributed by atoms with Gasteiger partial charge in [0.05, 0.1) is 12.2 Å². The van der Waals surface area contributed by atoms with Crippen molar-refractivity contribution in [1.29, 1.82) is 0 Å². The van der Waals surface area contributed by atoms with E-state index in [-0.39, 0.29) is 18.5 Å². The molecule has 1 aromatic heterocycles. The first-order chi connectivity index (χ1) is 14.3. The van der Waals surface area contributed by atoms with Crippen LogP contribution in [0.4, 0.5) is 0 Å². The van der Waals surface area contributed by atoms with Crippen molar-refractivity contribution in [1.82, 2.24) is 14.4 Å². The lowest BCUT2D eigenvalue weighted by Crippen LogP contribution is -2.50. The van der Waals surface area contributed by atoms with Gasteiger partial charge in [-0.05, 0) is 32.0 Å². The lowest BCUT2D eigenvalue weighted by molar-refractivity contribution is -0.130. The predicted molar refractivity (Wildman–Crippen MR) is 114 cm³/mol. The fraction of sp³-hybridized carbons (Fsp3) is 0.545. The molecule has 0 bridgehead atoms. The van der Waals surface area contributed by atoms with E-state index in [9.17, 15) is 14.7 Å². The molecule has 1 N–H and O–H groups in total. The Morgan fingerprint density at radius 2 is 1.90 bits per heavy atom. The monoisotopic (exact) mass is 417 g/mol. The molecular weight excluding hydrogens is 386 g/mol. The van der Waals surface area contributed by atoms with Crippen molar-refractivity contribution < 1.29 is 24.2 Å². The maximum Gasteiger partial charge on any atom is 0.340 e. The van der Waals surface area contributed by atoms with E-state index in [4.69, 9.17) is 9.47 Å². The maximum absolute atomic E-state index is 12.4. The summed E-state index contributed by atoms with van der Waals surface area (Å²) >= 11 is 0. The Balaban J connectivity index is 1.63. The second kappa shape index (κ2) is 9.49. The minimum absolute atomic E-state index is 0.0901. The molecule has 0 saturated carbocycles. The zero-order valence-electron chi connectivity index (χ0n) is 18.2. The van der Waals surface area contributed by atoms with E-state index < -0.39 is 6.10 Å². The number of carbonyl (C=O) groups is 2. The number of aliphatic hydroxyl groups excluding tert-OH is 1. The van der Waals surface area contributed by atoms with Gasteiger partial charge in [-0.2, -0.15) is 0 Å². The summed E-state index contributed by atoms with van der Waals surface area (Å²) in [6, 6.07) is 5.58. The number of nitrogens with zero attached hydrogens (tertiary/aromatic N) is 3. The Kier molecular flexibility index (Phi) is 6.99. The molecule has 0 spiro atoms. The SMILES string of the molecule is CCOC(=O)c1c(C)n(C)c2ccc(OC[C@@H](O)CN3CCN(C(C)=O)CC3)cc12. The van der Waals surface area contributed by atoms with Crippen LogP contribution in [0.15, 0.2) is 18.2 Å². The number of hydrogen-bond donors (Lipinski definition) is 1. The molecule has 0 unspecified atom stereocenters. The van der Waals surface area contributed by atoms with Crippen molar-refractivity contribution in [2.45, 2.75) is 26.9 Å². The third-order valence-electron chi connectivity index (χ3n) is 5.67. The quantitative estimate of drug-likeness (QED) is 0.689. The molecule has 1 amide bonds. The summed E-state index contributed by atoms with van der Waals surface area (Å²) in [5.41, 5.74) is 2.31. The van der Waals surface area contributed by atoms with Gasteiger partial charge in [-0.25, -0.2) is 4.79 Å². The highest BCUT2D eigenvalue weighted by molar-refractivity contribution is 6.06. The van der Waals surface area contributed by atoms with E-state index in [1.807, 2.05) is 41.6 Å². The molecule has 2 aromatic rings. The summed E-state index contributed by atoms with van der Waals surface area (Å²) in [5, 5.41) is 11.2. The van der Waals surface area contributed by atoms with Crippen LogP contribution in [-0.4, -0.2) is 83.4 Å². The van der Waals surface area contributed by atoms with Gasteiger partial charge in [0.1, 0.15) is 18.5 Å². The van der Waals surface area contributed by atoms with E-state index in [1.54, 1.807) is 13.8 Å². The molecule has 30 heavy (non-hydrogen) atoms. The Labute approximate surface area is 176 Å². The van der Waals surface area contributed by atoms with E-state index in [0.717, 1.165) is 29.7 Å². The number of aliphatic hydroxyl groups is 1. The van der Waals surface area contributed by atoms with Crippen LogP contribution in [0.25, 0.3) is 10.9 Å². The number of amides is 1. The molecule has 1 atom stereocenters. The van der Waals surface area contributed by atoms with Crippen LogP contribution < -0.4 is 4.74 Å². The summed E-state index contributed by atoms with van der Waals surface area (Å²) in [6.07, 6.45) is -0.647. The lowest BCUT2D eigenvalue weighted by atomic mass is 10.1. The van der Waals surface area contributed by atoms with Crippen LogP contribution in [0.2, 0.25) is 0 Å². The van der Waals surface area contributed by atoms with Gasteiger partial charge in [-0.1, -0.05) is 0 Å². The first-order valence-corrected chi connectivity index (χ1v) is 10.4. The summed E-state index contributed by atoms with van der Waals surface area (Å²) in [4.78, 5) is 27.8. The van der Waals surface area contributed by atoms with Gasteiger partial charge in [-0.15, -0.1) is 0 Å². The van der Waals surface area contributed by atoms with Crippen molar-refractivity contribution >= 4 is 22.8 Å². The number of fused-ring (bicyclic) bond motifs is 1. The molecule has 1 aliphatic rings. The molecule has 8 nitrogen and oxygen atoms in total. The van der Waals surface area contributed by atoms with E-state index in [1.165, 1.54) is 0 Å². The van der Waals surface area contributed by atoms with Crippen molar-refractivity contribution in [3.63, 3.8) is 0 Å². The summed E-state index contributed by atoms with van der Waals surface area (Å²) in [5.74, 6) is 0.342. The van der Waals surface area contributed by atoms with Gasteiger partial charge in [0, 0.05) is 63.3 Å². The van der Waals surface area contributed by atoms with E-state index in [2.05, 4.69) is 4.90 Å². The second-order valence-corrected chi connectivity index (χ2v) is 7.69. The number of ether oxygens (including phenoxy) is 2. The minimum Gasteiger partial charge on any atom is -0.491 e. The van der Waals surface area contributed by atoms with Crippen LogP contribution in [-0.2, 0) is 16.6 Å². The average molecular weight is 418 g/mol. The number of rotatable bonds is 7. The molecule has 0 aliphatic carbocycles. The first kappa shape index (κ1) is 22.1. The predicted octanol–water partition coefficient (Wildman–Crippen LogP) is 1.57. The molecule has 164 valence electrons.